The molecule has 116 valence electrons. The van der Waals surface area contributed by atoms with Gasteiger partial charge in [-0.05, 0) is 55.7 Å². The molecule has 0 saturated heterocycles. The zero-order valence-electron chi connectivity index (χ0n) is 13.5. The van der Waals surface area contributed by atoms with E-state index in [-0.39, 0.29) is 0 Å². The van der Waals surface area contributed by atoms with E-state index >= 15 is 0 Å². The van der Waals surface area contributed by atoms with Crippen molar-refractivity contribution in [1.82, 2.24) is 10.2 Å². The maximum absolute atomic E-state index is 3.78. The number of rotatable bonds is 5. The fraction of sp³-hybridized carbons (Fsp3) is 0.684. The van der Waals surface area contributed by atoms with Crippen molar-refractivity contribution in [2.75, 3.05) is 26.2 Å². The summed E-state index contributed by atoms with van der Waals surface area (Å²) in [5.74, 6) is 0.873. The van der Waals surface area contributed by atoms with Crippen molar-refractivity contribution < 1.29 is 0 Å². The first-order valence-corrected chi connectivity index (χ1v) is 8.89. The molecule has 2 aliphatic rings. The fourth-order valence-corrected chi connectivity index (χ4v) is 4.08. The van der Waals surface area contributed by atoms with Gasteiger partial charge in [0.15, 0.2) is 0 Å². The number of nitrogens with one attached hydrogen (secondary N) is 1. The molecule has 1 aromatic rings. The molecule has 2 unspecified atom stereocenters. The van der Waals surface area contributed by atoms with Crippen molar-refractivity contribution in [3.8, 4) is 0 Å². The average molecular weight is 286 g/mol. The van der Waals surface area contributed by atoms with Gasteiger partial charge in [-0.15, -0.1) is 0 Å². The lowest BCUT2D eigenvalue weighted by molar-refractivity contribution is 0.221. The van der Waals surface area contributed by atoms with Crippen LogP contribution in [-0.4, -0.2) is 37.1 Å². The van der Waals surface area contributed by atoms with E-state index in [4.69, 9.17) is 0 Å². The molecule has 2 nitrogen and oxygen atoms in total. The van der Waals surface area contributed by atoms with Crippen molar-refractivity contribution in [3.05, 3.63) is 35.4 Å². The molecule has 3 rings (SSSR count). The predicted molar refractivity (Wildman–Crippen MR) is 89.7 cm³/mol. The minimum atomic E-state index is 0.774. The van der Waals surface area contributed by atoms with Crippen LogP contribution in [0.5, 0.6) is 0 Å². The molecule has 2 heteroatoms. The van der Waals surface area contributed by atoms with E-state index in [1.165, 1.54) is 64.7 Å². The third-order valence-corrected chi connectivity index (χ3v) is 5.32. The maximum Gasteiger partial charge on any atom is 0.0107 e. The molecular formula is C19H30N2. The lowest BCUT2D eigenvalue weighted by Gasteiger charge is -2.28. The lowest BCUT2D eigenvalue weighted by Crippen LogP contribution is -2.40. The topological polar surface area (TPSA) is 15.3 Å². The third-order valence-electron chi connectivity index (χ3n) is 5.32. The zero-order chi connectivity index (χ0) is 14.5. The van der Waals surface area contributed by atoms with E-state index in [2.05, 4.69) is 41.4 Å². The van der Waals surface area contributed by atoms with Gasteiger partial charge >= 0.3 is 0 Å². The molecule has 1 aromatic carbocycles. The van der Waals surface area contributed by atoms with Gasteiger partial charge in [-0.2, -0.15) is 0 Å². The van der Waals surface area contributed by atoms with Gasteiger partial charge in [0.05, 0.1) is 0 Å². The fourth-order valence-electron chi connectivity index (χ4n) is 4.08. The third kappa shape index (κ3) is 3.87. The van der Waals surface area contributed by atoms with Crippen LogP contribution >= 0.6 is 0 Å². The molecule has 0 amide bonds. The Hall–Kier alpha value is -0.860. The van der Waals surface area contributed by atoms with Crippen molar-refractivity contribution >= 4 is 0 Å². The standard InChI is InChI=1S/C19H30N2/c1-2-12-20-19-9-5-8-18(19)15-21-13-10-16-6-3-4-7-17(16)11-14-21/h3-4,6-7,18-20H,2,5,8-15H2,1H3. The van der Waals surface area contributed by atoms with Crippen LogP contribution < -0.4 is 5.32 Å². The van der Waals surface area contributed by atoms with Gasteiger partial charge in [-0.1, -0.05) is 37.6 Å². The minimum absolute atomic E-state index is 0.774. The van der Waals surface area contributed by atoms with Gasteiger partial charge < -0.3 is 10.2 Å². The summed E-state index contributed by atoms with van der Waals surface area (Å²) in [7, 11) is 0. The number of nitrogens with zero attached hydrogens (tertiary/aromatic N) is 1. The zero-order valence-corrected chi connectivity index (χ0v) is 13.5. The Kier molecular flexibility index (Phi) is 5.32. The van der Waals surface area contributed by atoms with Crippen molar-refractivity contribution in [3.63, 3.8) is 0 Å². The highest BCUT2D eigenvalue weighted by Crippen LogP contribution is 2.27. The van der Waals surface area contributed by atoms with Crippen LogP contribution in [0.3, 0.4) is 0 Å². The summed E-state index contributed by atoms with van der Waals surface area (Å²) in [6.45, 7) is 7.24. The molecule has 1 aliphatic carbocycles. The molecule has 0 aromatic heterocycles. The summed E-state index contributed by atoms with van der Waals surface area (Å²) < 4.78 is 0. The SMILES string of the molecule is CCCNC1CCCC1CN1CCc2ccccc2CC1. The first-order valence-electron chi connectivity index (χ1n) is 8.89. The molecule has 0 radical (unpaired) electrons. The van der Waals surface area contributed by atoms with Gasteiger partial charge in [0.2, 0.25) is 0 Å². The van der Waals surface area contributed by atoms with Crippen molar-refractivity contribution in [1.29, 1.82) is 0 Å². The second-order valence-electron chi connectivity index (χ2n) is 6.82. The highest BCUT2D eigenvalue weighted by Gasteiger charge is 2.28. The number of hydrogen-bond donors (Lipinski definition) is 1. The molecule has 2 atom stereocenters. The van der Waals surface area contributed by atoms with E-state index in [0.717, 1.165) is 12.0 Å². The summed E-state index contributed by atoms with van der Waals surface area (Å²) in [6.07, 6.45) is 7.94. The van der Waals surface area contributed by atoms with Gasteiger partial charge in [0.25, 0.3) is 0 Å². The summed E-state index contributed by atoms with van der Waals surface area (Å²) >= 11 is 0. The molecule has 1 saturated carbocycles. The highest BCUT2D eigenvalue weighted by molar-refractivity contribution is 5.28. The molecule has 0 spiro atoms. The summed E-state index contributed by atoms with van der Waals surface area (Å²) in [4.78, 5) is 2.72. The number of hydrogen-bond acceptors (Lipinski definition) is 2. The Morgan fingerprint density at radius 2 is 1.81 bits per heavy atom. The molecule has 0 bridgehead atoms. The molecule has 1 heterocycles. The van der Waals surface area contributed by atoms with E-state index in [9.17, 15) is 0 Å². The quantitative estimate of drug-likeness (QED) is 0.894. The van der Waals surface area contributed by atoms with Crippen LogP contribution in [0.1, 0.15) is 43.7 Å². The molecular weight excluding hydrogens is 256 g/mol. The Labute approximate surface area is 129 Å². The summed E-state index contributed by atoms with van der Waals surface area (Å²) in [5.41, 5.74) is 3.15. The van der Waals surface area contributed by atoms with E-state index in [1.807, 2.05) is 0 Å². The Bertz CT molecular complexity index is 416. The summed E-state index contributed by atoms with van der Waals surface area (Å²) in [6, 6.07) is 9.79. The van der Waals surface area contributed by atoms with Crippen LogP contribution in [0.4, 0.5) is 0 Å². The van der Waals surface area contributed by atoms with Crippen LogP contribution in [0.25, 0.3) is 0 Å². The Morgan fingerprint density at radius 1 is 1.10 bits per heavy atom. The molecule has 1 fully saturated rings. The van der Waals surface area contributed by atoms with E-state index in [1.54, 1.807) is 11.1 Å². The average Bonchev–Trinajstić information content (AvgIpc) is 2.85. The monoisotopic (exact) mass is 286 g/mol. The molecule has 21 heavy (non-hydrogen) atoms. The van der Waals surface area contributed by atoms with Crippen LogP contribution in [-0.2, 0) is 12.8 Å². The van der Waals surface area contributed by atoms with Gasteiger partial charge in [0.1, 0.15) is 0 Å². The molecule has 1 aliphatic heterocycles. The van der Waals surface area contributed by atoms with E-state index in [0.29, 0.717) is 0 Å². The van der Waals surface area contributed by atoms with Gasteiger partial charge in [-0.25, -0.2) is 0 Å². The number of fused-ring (bicyclic) bond motifs is 1. The first kappa shape index (κ1) is 15.1. The predicted octanol–water partition coefficient (Wildman–Crippen LogP) is 3.26. The van der Waals surface area contributed by atoms with Crippen LogP contribution in [0, 0.1) is 5.92 Å². The summed E-state index contributed by atoms with van der Waals surface area (Å²) in [5, 5.41) is 3.78. The first-order chi connectivity index (χ1) is 10.4. The smallest absolute Gasteiger partial charge is 0.0107 e. The Morgan fingerprint density at radius 3 is 2.48 bits per heavy atom. The van der Waals surface area contributed by atoms with Gasteiger partial charge in [-0.3, -0.25) is 0 Å². The normalized spacial score (nSPS) is 26.5. The minimum Gasteiger partial charge on any atom is -0.314 e. The van der Waals surface area contributed by atoms with Crippen LogP contribution in [0.2, 0.25) is 0 Å². The lowest BCUT2D eigenvalue weighted by atomic mass is 10.0. The van der Waals surface area contributed by atoms with Crippen molar-refractivity contribution in [2.24, 2.45) is 5.92 Å². The number of benzene rings is 1. The second-order valence-corrected chi connectivity index (χ2v) is 6.82. The van der Waals surface area contributed by atoms with E-state index < -0.39 is 0 Å². The van der Waals surface area contributed by atoms with Crippen molar-refractivity contribution in [2.45, 2.75) is 51.5 Å². The van der Waals surface area contributed by atoms with Gasteiger partial charge in [0, 0.05) is 25.7 Å². The largest absolute Gasteiger partial charge is 0.314 e. The second kappa shape index (κ2) is 7.42. The highest BCUT2D eigenvalue weighted by atomic mass is 15.1. The molecule has 1 N–H and O–H groups in total. The van der Waals surface area contributed by atoms with Crippen LogP contribution in [0.15, 0.2) is 24.3 Å². The Balaban J connectivity index is 1.54. The maximum atomic E-state index is 3.78.